The molecule has 0 spiro atoms. The van der Waals surface area contributed by atoms with Gasteiger partial charge in [-0.25, -0.2) is 4.79 Å². The molecule has 1 aliphatic rings. The van der Waals surface area contributed by atoms with E-state index < -0.39 is 0 Å². The Kier molecular flexibility index (Phi) is 5.24. The maximum absolute atomic E-state index is 12.9. The van der Waals surface area contributed by atoms with Crippen LogP contribution in [0.25, 0.3) is 0 Å². The Labute approximate surface area is 151 Å². The standard InChI is InChI=1S/C20H22BrNO2/c1-14(2)18-12-11-16-9-6-10-17(21)19(16)22(18)20(23)24-13-15-7-4-3-5-8-15/h3-10,14,18H,11-13H2,1-2H3. The summed E-state index contributed by atoms with van der Waals surface area (Å²) in [5.41, 5.74) is 3.15. The van der Waals surface area contributed by atoms with Crippen LogP contribution in [-0.4, -0.2) is 12.1 Å². The first kappa shape index (κ1) is 17.0. The van der Waals surface area contributed by atoms with E-state index in [4.69, 9.17) is 4.74 Å². The number of hydrogen-bond donors (Lipinski definition) is 0. The van der Waals surface area contributed by atoms with Gasteiger partial charge in [-0.15, -0.1) is 0 Å². The molecule has 24 heavy (non-hydrogen) atoms. The fourth-order valence-electron chi connectivity index (χ4n) is 3.28. The third-order valence-corrected chi connectivity index (χ3v) is 5.16. The van der Waals surface area contributed by atoms with Gasteiger partial charge in [-0.2, -0.15) is 0 Å². The van der Waals surface area contributed by atoms with Crippen molar-refractivity contribution in [2.75, 3.05) is 4.90 Å². The maximum Gasteiger partial charge on any atom is 0.414 e. The van der Waals surface area contributed by atoms with Crippen LogP contribution in [0, 0.1) is 5.92 Å². The molecule has 2 aromatic rings. The number of nitrogens with zero attached hydrogens (tertiary/aromatic N) is 1. The van der Waals surface area contributed by atoms with Crippen molar-refractivity contribution in [3.8, 4) is 0 Å². The molecular weight excluding hydrogens is 366 g/mol. The summed E-state index contributed by atoms with van der Waals surface area (Å²) in [7, 11) is 0. The SMILES string of the molecule is CC(C)C1CCc2cccc(Br)c2N1C(=O)OCc1ccccc1. The number of benzene rings is 2. The number of carbonyl (C=O) groups excluding carboxylic acids is 1. The van der Waals surface area contributed by atoms with Gasteiger partial charge in [-0.3, -0.25) is 4.90 Å². The van der Waals surface area contributed by atoms with E-state index in [1.165, 1.54) is 5.56 Å². The molecule has 0 N–H and O–H groups in total. The van der Waals surface area contributed by atoms with Crippen molar-refractivity contribution >= 4 is 27.7 Å². The van der Waals surface area contributed by atoms with Crippen molar-refractivity contribution in [1.29, 1.82) is 0 Å². The molecule has 0 saturated carbocycles. The summed E-state index contributed by atoms with van der Waals surface area (Å²) in [5, 5.41) is 0. The van der Waals surface area contributed by atoms with Gasteiger partial charge in [0.2, 0.25) is 0 Å². The number of rotatable bonds is 3. The lowest BCUT2D eigenvalue weighted by Gasteiger charge is -2.39. The zero-order valence-corrected chi connectivity index (χ0v) is 15.6. The molecule has 0 radical (unpaired) electrons. The van der Waals surface area contributed by atoms with Crippen LogP contribution in [-0.2, 0) is 17.8 Å². The molecular formula is C20H22BrNO2. The molecule has 0 bridgehead atoms. The second-order valence-electron chi connectivity index (χ2n) is 6.51. The number of aryl methyl sites for hydroxylation is 1. The first-order chi connectivity index (χ1) is 11.6. The number of para-hydroxylation sites is 1. The Morgan fingerprint density at radius 3 is 2.67 bits per heavy atom. The van der Waals surface area contributed by atoms with Gasteiger partial charge in [-0.05, 0) is 51.9 Å². The van der Waals surface area contributed by atoms with Crippen LogP contribution in [0.2, 0.25) is 0 Å². The monoisotopic (exact) mass is 387 g/mol. The Morgan fingerprint density at radius 1 is 1.21 bits per heavy atom. The summed E-state index contributed by atoms with van der Waals surface area (Å²) in [6, 6.07) is 16.0. The van der Waals surface area contributed by atoms with Crippen molar-refractivity contribution in [2.45, 2.75) is 39.3 Å². The average Bonchev–Trinajstić information content (AvgIpc) is 2.59. The second-order valence-corrected chi connectivity index (χ2v) is 7.36. The summed E-state index contributed by atoms with van der Waals surface area (Å²) < 4.78 is 6.57. The van der Waals surface area contributed by atoms with Gasteiger partial charge in [0.05, 0.1) is 5.69 Å². The fourth-order valence-corrected chi connectivity index (χ4v) is 3.88. The van der Waals surface area contributed by atoms with Gasteiger partial charge in [-0.1, -0.05) is 56.3 Å². The van der Waals surface area contributed by atoms with Crippen molar-refractivity contribution in [3.63, 3.8) is 0 Å². The molecule has 1 amide bonds. The van der Waals surface area contributed by atoms with Crippen LogP contribution < -0.4 is 4.90 Å². The molecule has 126 valence electrons. The first-order valence-corrected chi connectivity index (χ1v) is 9.14. The number of anilines is 1. The normalized spacial score (nSPS) is 16.8. The zero-order chi connectivity index (χ0) is 17.1. The van der Waals surface area contributed by atoms with E-state index in [0.717, 1.165) is 28.6 Å². The molecule has 1 heterocycles. The number of carbonyl (C=O) groups is 1. The van der Waals surface area contributed by atoms with E-state index in [9.17, 15) is 4.79 Å². The van der Waals surface area contributed by atoms with E-state index in [1.54, 1.807) is 0 Å². The van der Waals surface area contributed by atoms with Gasteiger partial charge in [0.25, 0.3) is 0 Å². The van der Waals surface area contributed by atoms with Crippen LogP contribution in [0.3, 0.4) is 0 Å². The van der Waals surface area contributed by atoms with E-state index in [1.807, 2.05) is 47.4 Å². The van der Waals surface area contributed by atoms with Gasteiger partial charge in [0, 0.05) is 10.5 Å². The van der Waals surface area contributed by atoms with Crippen LogP contribution >= 0.6 is 15.9 Å². The number of fused-ring (bicyclic) bond motifs is 1. The minimum absolute atomic E-state index is 0.152. The predicted molar refractivity (Wildman–Crippen MR) is 100 cm³/mol. The minimum Gasteiger partial charge on any atom is -0.444 e. The summed E-state index contributed by atoms with van der Waals surface area (Å²) in [6.07, 6.45) is 1.67. The summed E-state index contributed by atoms with van der Waals surface area (Å²) in [5.74, 6) is 0.370. The van der Waals surface area contributed by atoms with Crippen LogP contribution in [0.4, 0.5) is 10.5 Å². The van der Waals surface area contributed by atoms with Crippen molar-refractivity contribution in [2.24, 2.45) is 5.92 Å². The van der Waals surface area contributed by atoms with Crippen LogP contribution in [0.1, 0.15) is 31.4 Å². The Balaban J connectivity index is 1.86. The highest BCUT2D eigenvalue weighted by Gasteiger charge is 2.35. The third-order valence-electron chi connectivity index (χ3n) is 4.52. The Morgan fingerprint density at radius 2 is 1.96 bits per heavy atom. The molecule has 3 rings (SSSR count). The lowest BCUT2D eigenvalue weighted by Crippen LogP contribution is -2.47. The number of halogens is 1. The molecule has 4 heteroatoms. The van der Waals surface area contributed by atoms with Gasteiger partial charge in [0.1, 0.15) is 6.61 Å². The van der Waals surface area contributed by atoms with E-state index >= 15 is 0 Å². The maximum atomic E-state index is 12.9. The number of amides is 1. The average molecular weight is 388 g/mol. The fraction of sp³-hybridized carbons (Fsp3) is 0.350. The number of hydrogen-bond acceptors (Lipinski definition) is 2. The molecule has 0 aliphatic carbocycles. The van der Waals surface area contributed by atoms with Gasteiger partial charge < -0.3 is 4.74 Å². The van der Waals surface area contributed by atoms with Gasteiger partial charge >= 0.3 is 6.09 Å². The van der Waals surface area contributed by atoms with E-state index in [-0.39, 0.29) is 12.1 Å². The second kappa shape index (κ2) is 7.39. The lowest BCUT2D eigenvalue weighted by molar-refractivity contribution is 0.141. The molecule has 1 aliphatic heterocycles. The van der Waals surface area contributed by atoms with Crippen LogP contribution in [0.15, 0.2) is 53.0 Å². The topological polar surface area (TPSA) is 29.5 Å². The molecule has 1 atom stereocenters. The summed E-state index contributed by atoms with van der Waals surface area (Å²) in [6.45, 7) is 4.61. The molecule has 0 fully saturated rings. The molecule has 0 saturated heterocycles. The highest BCUT2D eigenvalue weighted by Crippen LogP contribution is 2.39. The Bertz CT molecular complexity index is 715. The lowest BCUT2D eigenvalue weighted by atomic mass is 9.89. The minimum atomic E-state index is -0.273. The largest absolute Gasteiger partial charge is 0.444 e. The van der Waals surface area contributed by atoms with E-state index in [0.29, 0.717) is 12.5 Å². The molecule has 2 aromatic carbocycles. The van der Waals surface area contributed by atoms with Gasteiger partial charge in [0.15, 0.2) is 0 Å². The first-order valence-electron chi connectivity index (χ1n) is 8.35. The zero-order valence-electron chi connectivity index (χ0n) is 14.0. The van der Waals surface area contributed by atoms with E-state index in [2.05, 4.69) is 35.8 Å². The molecule has 0 aromatic heterocycles. The van der Waals surface area contributed by atoms with Crippen LogP contribution in [0.5, 0.6) is 0 Å². The predicted octanol–water partition coefficient (Wildman–Crippen LogP) is 5.56. The van der Waals surface area contributed by atoms with Crippen molar-refractivity contribution in [1.82, 2.24) is 0 Å². The highest BCUT2D eigenvalue weighted by molar-refractivity contribution is 9.10. The third kappa shape index (κ3) is 3.48. The quantitative estimate of drug-likeness (QED) is 0.689. The summed E-state index contributed by atoms with van der Waals surface area (Å²) in [4.78, 5) is 14.7. The highest BCUT2D eigenvalue weighted by atomic mass is 79.9. The van der Waals surface area contributed by atoms with Crippen molar-refractivity contribution in [3.05, 3.63) is 64.1 Å². The van der Waals surface area contributed by atoms with Crippen molar-refractivity contribution < 1.29 is 9.53 Å². The summed E-state index contributed by atoms with van der Waals surface area (Å²) >= 11 is 3.61. The number of ether oxygens (including phenoxy) is 1. The molecule has 3 nitrogen and oxygen atoms in total. The Hall–Kier alpha value is -1.81. The molecule has 1 unspecified atom stereocenters. The smallest absolute Gasteiger partial charge is 0.414 e.